The first-order valence-corrected chi connectivity index (χ1v) is 8.52. The van der Waals surface area contributed by atoms with Gasteiger partial charge in [0.15, 0.2) is 10.8 Å². The molecule has 0 aliphatic heterocycles. The van der Waals surface area contributed by atoms with Gasteiger partial charge in [0.05, 0.1) is 12.1 Å². The van der Waals surface area contributed by atoms with E-state index in [0.29, 0.717) is 15.9 Å². The van der Waals surface area contributed by atoms with E-state index < -0.39 is 5.54 Å². The molecule has 1 aliphatic rings. The van der Waals surface area contributed by atoms with Crippen LogP contribution in [0.1, 0.15) is 19.3 Å². The van der Waals surface area contributed by atoms with E-state index in [-0.39, 0.29) is 12.6 Å². The van der Waals surface area contributed by atoms with Gasteiger partial charge in [0.2, 0.25) is 5.13 Å². The summed E-state index contributed by atoms with van der Waals surface area (Å²) in [5.74, 6) is 0.618. The number of aliphatic hydroxyl groups excluding tert-OH is 1. The molecule has 1 aliphatic carbocycles. The molecule has 124 valence electrons. The van der Waals surface area contributed by atoms with Crippen LogP contribution in [0.4, 0.5) is 9.93 Å². The van der Waals surface area contributed by atoms with Gasteiger partial charge in [-0.05, 0) is 31.4 Å². The number of urea groups is 1. The molecule has 0 unspecified atom stereocenters. The number of para-hydroxylation sites is 1. The molecule has 4 rings (SSSR count). The van der Waals surface area contributed by atoms with Crippen LogP contribution >= 0.6 is 11.3 Å². The quantitative estimate of drug-likeness (QED) is 0.675. The second-order valence-corrected chi connectivity index (χ2v) is 6.91. The number of aromatic nitrogens is 2. The van der Waals surface area contributed by atoms with Crippen molar-refractivity contribution in [1.29, 1.82) is 0 Å². The van der Waals surface area contributed by atoms with Crippen LogP contribution in [0.5, 0.6) is 0 Å². The summed E-state index contributed by atoms with van der Waals surface area (Å²) < 4.78 is 5.74. The Bertz CT molecular complexity index is 846. The molecule has 0 bridgehead atoms. The third-order valence-electron chi connectivity index (χ3n) is 4.27. The minimum atomic E-state index is -0.490. The average Bonchev–Trinajstić information content (AvgIpc) is 3.17. The number of nitrogens with one attached hydrogen (secondary N) is 2. The molecular formula is C16H16N4O3S. The Kier molecular flexibility index (Phi) is 3.70. The lowest BCUT2D eigenvalue weighted by molar-refractivity contribution is 0.0984. The molecule has 2 heterocycles. The summed E-state index contributed by atoms with van der Waals surface area (Å²) in [7, 11) is 0. The van der Waals surface area contributed by atoms with Crippen LogP contribution in [0.15, 0.2) is 34.7 Å². The predicted octanol–water partition coefficient (Wildman–Crippen LogP) is 2.99. The molecule has 3 N–H and O–H groups in total. The van der Waals surface area contributed by atoms with E-state index >= 15 is 0 Å². The number of rotatable bonds is 4. The number of aliphatic hydroxyl groups is 1. The number of fused-ring (bicyclic) bond motifs is 1. The second kappa shape index (κ2) is 5.88. The van der Waals surface area contributed by atoms with Gasteiger partial charge in [0.1, 0.15) is 5.58 Å². The molecule has 0 spiro atoms. The van der Waals surface area contributed by atoms with Gasteiger partial charge >= 0.3 is 6.03 Å². The number of carbonyl (C=O) groups excluding carboxylic acids is 1. The topological polar surface area (TPSA) is 100 Å². The Balaban J connectivity index is 1.47. The van der Waals surface area contributed by atoms with Gasteiger partial charge in [-0.3, -0.25) is 5.32 Å². The van der Waals surface area contributed by atoms with Crippen LogP contribution < -0.4 is 10.6 Å². The van der Waals surface area contributed by atoms with E-state index in [0.717, 1.165) is 30.2 Å². The van der Waals surface area contributed by atoms with Crippen molar-refractivity contribution in [1.82, 2.24) is 15.5 Å². The highest BCUT2D eigenvalue weighted by Gasteiger charge is 2.37. The maximum atomic E-state index is 12.0. The standard InChI is InChI=1S/C16H16N4O3S/c21-9-16(6-3-7-16)18-14(22)17-15-20-19-13(24-15)12-8-10-4-1-2-5-11(10)23-12/h1-2,4-5,8,21H,3,6-7,9H2,(H2,17,18,20,22). The molecule has 8 heteroatoms. The maximum Gasteiger partial charge on any atom is 0.321 e. The minimum absolute atomic E-state index is 0.0548. The molecule has 3 aromatic rings. The van der Waals surface area contributed by atoms with Gasteiger partial charge in [0, 0.05) is 5.39 Å². The Morgan fingerprint density at radius 1 is 1.33 bits per heavy atom. The normalized spacial score (nSPS) is 15.9. The summed E-state index contributed by atoms with van der Waals surface area (Å²) >= 11 is 1.24. The van der Waals surface area contributed by atoms with Crippen molar-refractivity contribution in [2.45, 2.75) is 24.8 Å². The summed E-state index contributed by atoms with van der Waals surface area (Å²) in [5.41, 5.74) is 0.292. The maximum absolute atomic E-state index is 12.0. The number of furan rings is 1. The van der Waals surface area contributed by atoms with Crippen LogP contribution in [0.2, 0.25) is 0 Å². The molecule has 0 atom stereocenters. The van der Waals surface area contributed by atoms with Crippen molar-refractivity contribution in [2.24, 2.45) is 0 Å². The fourth-order valence-corrected chi connectivity index (χ4v) is 3.45. The van der Waals surface area contributed by atoms with Crippen molar-refractivity contribution in [3.63, 3.8) is 0 Å². The van der Waals surface area contributed by atoms with E-state index in [1.54, 1.807) is 0 Å². The number of anilines is 1. The van der Waals surface area contributed by atoms with Gasteiger partial charge in [-0.2, -0.15) is 0 Å². The predicted molar refractivity (Wildman–Crippen MR) is 90.9 cm³/mol. The minimum Gasteiger partial charge on any atom is -0.453 e. The lowest BCUT2D eigenvalue weighted by Crippen LogP contribution is -2.57. The fraction of sp³-hybridized carbons (Fsp3) is 0.312. The molecule has 24 heavy (non-hydrogen) atoms. The van der Waals surface area contributed by atoms with Gasteiger partial charge in [-0.1, -0.05) is 29.5 Å². The highest BCUT2D eigenvalue weighted by molar-refractivity contribution is 7.18. The summed E-state index contributed by atoms with van der Waals surface area (Å²) in [5, 5.41) is 24.9. The zero-order chi connectivity index (χ0) is 16.6. The molecule has 7 nitrogen and oxygen atoms in total. The number of nitrogens with zero attached hydrogens (tertiary/aromatic N) is 2. The number of hydrogen-bond acceptors (Lipinski definition) is 6. The lowest BCUT2D eigenvalue weighted by Gasteiger charge is -2.40. The molecule has 0 saturated heterocycles. The zero-order valence-electron chi connectivity index (χ0n) is 12.8. The van der Waals surface area contributed by atoms with E-state index in [4.69, 9.17) is 4.42 Å². The van der Waals surface area contributed by atoms with Crippen molar-refractivity contribution in [3.05, 3.63) is 30.3 Å². The first kappa shape index (κ1) is 15.1. The highest BCUT2D eigenvalue weighted by atomic mass is 32.1. The van der Waals surface area contributed by atoms with Crippen LogP contribution in [-0.4, -0.2) is 33.5 Å². The van der Waals surface area contributed by atoms with E-state index in [2.05, 4.69) is 20.8 Å². The molecule has 0 radical (unpaired) electrons. The SMILES string of the molecule is O=C(Nc1nnc(-c2cc3ccccc3o2)s1)NC1(CO)CCC1. The molecule has 1 saturated carbocycles. The molecule has 2 aromatic heterocycles. The van der Waals surface area contributed by atoms with Crippen molar-refractivity contribution in [2.75, 3.05) is 11.9 Å². The number of carbonyl (C=O) groups is 1. The van der Waals surface area contributed by atoms with Crippen LogP contribution in [-0.2, 0) is 0 Å². The third kappa shape index (κ3) is 2.74. The summed E-state index contributed by atoms with van der Waals surface area (Å²) in [6, 6.07) is 9.22. The van der Waals surface area contributed by atoms with Crippen LogP contribution in [0, 0.1) is 0 Å². The molecule has 1 aromatic carbocycles. The van der Waals surface area contributed by atoms with Gasteiger partial charge in [0.25, 0.3) is 0 Å². The fourth-order valence-electron chi connectivity index (χ4n) is 2.76. The first-order valence-electron chi connectivity index (χ1n) is 7.70. The van der Waals surface area contributed by atoms with Crippen molar-refractivity contribution >= 4 is 33.5 Å². The van der Waals surface area contributed by atoms with E-state index in [9.17, 15) is 9.90 Å². The first-order chi connectivity index (χ1) is 11.7. The number of hydrogen-bond donors (Lipinski definition) is 3. The monoisotopic (exact) mass is 344 g/mol. The number of amides is 2. The van der Waals surface area contributed by atoms with Crippen LogP contribution in [0.25, 0.3) is 21.7 Å². The van der Waals surface area contributed by atoms with Gasteiger partial charge < -0.3 is 14.8 Å². The van der Waals surface area contributed by atoms with E-state index in [1.165, 1.54) is 11.3 Å². The smallest absolute Gasteiger partial charge is 0.321 e. The summed E-state index contributed by atoms with van der Waals surface area (Å²) in [4.78, 5) is 12.0. The average molecular weight is 344 g/mol. The van der Waals surface area contributed by atoms with Crippen molar-refractivity contribution in [3.8, 4) is 10.8 Å². The zero-order valence-corrected chi connectivity index (χ0v) is 13.6. The highest BCUT2D eigenvalue weighted by Crippen LogP contribution is 2.33. The van der Waals surface area contributed by atoms with E-state index in [1.807, 2.05) is 30.3 Å². The Morgan fingerprint density at radius 3 is 2.88 bits per heavy atom. The van der Waals surface area contributed by atoms with Crippen molar-refractivity contribution < 1.29 is 14.3 Å². The number of benzene rings is 1. The second-order valence-electron chi connectivity index (χ2n) is 5.93. The van der Waals surface area contributed by atoms with Crippen LogP contribution in [0.3, 0.4) is 0 Å². The molecular weight excluding hydrogens is 328 g/mol. The molecule has 1 fully saturated rings. The Hall–Kier alpha value is -2.45. The summed E-state index contributed by atoms with van der Waals surface area (Å²) in [6.45, 7) is -0.0548. The Morgan fingerprint density at radius 2 is 2.17 bits per heavy atom. The summed E-state index contributed by atoms with van der Waals surface area (Å²) in [6.07, 6.45) is 2.59. The van der Waals surface area contributed by atoms with Gasteiger partial charge in [-0.25, -0.2) is 4.79 Å². The Labute approximate surface area is 141 Å². The largest absolute Gasteiger partial charge is 0.453 e. The van der Waals surface area contributed by atoms with Gasteiger partial charge in [-0.15, -0.1) is 10.2 Å². The molecule has 2 amide bonds. The lowest BCUT2D eigenvalue weighted by atomic mass is 9.77. The third-order valence-corrected chi connectivity index (χ3v) is 5.13.